The predicted molar refractivity (Wildman–Crippen MR) is 120 cm³/mol. The summed E-state index contributed by atoms with van der Waals surface area (Å²) in [5, 5.41) is 7.85. The van der Waals surface area contributed by atoms with E-state index in [0.717, 1.165) is 16.8 Å². The molecule has 0 spiro atoms. The van der Waals surface area contributed by atoms with E-state index in [2.05, 4.69) is 25.4 Å². The van der Waals surface area contributed by atoms with Gasteiger partial charge in [-0.05, 0) is 43.2 Å². The minimum Gasteiger partial charge on any atom is -0.464 e. The molecule has 32 heavy (non-hydrogen) atoms. The maximum atomic E-state index is 12.9. The largest absolute Gasteiger partial charge is 0.464 e. The summed E-state index contributed by atoms with van der Waals surface area (Å²) in [6.07, 6.45) is 4.23. The highest BCUT2D eigenvalue weighted by atomic mass is 16.5. The number of nitrogens with zero attached hydrogens (tertiary/aromatic N) is 5. The van der Waals surface area contributed by atoms with E-state index in [4.69, 9.17) is 9.47 Å². The molecule has 0 saturated carbocycles. The fraction of sp³-hybridized carbons (Fsp3) is 0.261. The van der Waals surface area contributed by atoms with E-state index in [1.165, 1.54) is 6.33 Å². The van der Waals surface area contributed by atoms with Gasteiger partial charge in [0.1, 0.15) is 17.5 Å². The van der Waals surface area contributed by atoms with Gasteiger partial charge in [0.15, 0.2) is 11.8 Å². The lowest BCUT2D eigenvalue weighted by Gasteiger charge is -2.18. The number of ether oxygens (including phenoxy) is 2. The average molecular weight is 432 g/mol. The molecule has 164 valence electrons. The van der Waals surface area contributed by atoms with Gasteiger partial charge in [-0.15, -0.1) is 0 Å². The van der Waals surface area contributed by atoms with Crippen molar-refractivity contribution in [1.29, 1.82) is 0 Å². The zero-order chi connectivity index (χ0) is 22.5. The molecule has 0 unspecified atom stereocenters. The van der Waals surface area contributed by atoms with Crippen LogP contribution < -0.4 is 10.1 Å². The quantitative estimate of drug-likeness (QED) is 0.456. The van der Waals surface area contributed by atoms with Gasteiger partial charge < -0.3 is 14.8 Å². The maximum Gasteiger partial charge on any atom is 0.266 e. The Morgan fingerprint density at radius 1 is 1.09 bits per heavy atom. The fourth-order valence-electron chi connectivity index (χ4n) is 3.22. The van der Waals surface area contributed by atoms with Crippen molar-refractivity contribution < 1.29 is 14.3 Å². The van der Waals surface area contributed by atoms with Crippen molar-refractivity contribution >= 4 is 22.8 Å². The van der Waals surface area contributed by atoms with Gasteiger partial charge in [0.05, 0.1) is 18.5 Å². The topological polar surface area (TPSA) is 104 Å². The first-order valence-corrected chi connectivity index (χ1v) is 10.2. The zero-order valence-electron chi connectivity index (χ0n) is 18.1. The van der Waals surface area contributed by atoms with Gasteiger partial charge in [0.25, 0.3) is 5.91 Å². The molecule has 1 aromatic carbocycles. The molecule has 0 bridgehead atoms. The Morgan fingerprint density at radius 2 is 1.97 bits per heavy atom. The fourth-order valence-corrected chi connectivity index (χ4v) is 3.22. The van der Waals surface area contributed by atoms with Crippen molar-refractivity contribution in [3.05, 3.63) is 66.2 Å². The molecule has 1 amide bonds. The van der Waals surface area contributed by atoms with Gasteiger partial charge in [0.2, 0.25) is 5.88 Å². The van der Waals surface area contributed by atoms with E-state index in [1.807, 2.05) is 44.2 Å². The second-order valence-electron chi connectivity index (χ2n) is 7.41. The van der Waals surface area contributed by atoms with Crippen LogP contribution >= 0.6 is 0 Å². The highest BCUT2D eigenvalue weighted by Gasteiger charge is 2.23. The summed E-state index contributed by atoms with van der Waals surface area (Å²) >= 11 is 0. The maximum absolute atomic E-state index is 12.9. The van der Waals surface area contributed by atoms with Crippen LogP contribution in [0.2, 0.25) is 0 Å². The number of carbonyl (C=O) groups is 1. The molecule has 0 saturated heterocycles. The number of pyridine rings is 1. The van der Waals surface area contributed by atoms with E-state index < -0.39 is 6.10 Å². The van der Waals surface area contributed by atoms with Gasteiger partial charge in [-0.25, -0.2) is 19.6 Å². The molecule has 0 aliphatic carbocycles. The third kappa shape index (κ3) is 4.73. The zero-order valence-corrected chi connectivity index (χ0v) is 18.1. The summed E-state index contributed by atoms with van der Waals surface area (Å²) in [4.78, 5) is 25.8. The average Bonchev–Trinajstić information content (AvgIpc) is 3.23. The Balaban J connectivity index is 1.61. The molecule has 0 radical (unpaired) electrons. The lowest BCUT2D eigenvalue weighted by atomic mass is 10.2. The number of hydrogen-bond donors (Lipinski definition) is 1. The normalized spacial score (nSPS) is 12.0. The van der Waals surface area contributed by atoms with Crippen molar-refractivity contribution in [3.8, 4) is 11.6 Å². The Kier molecular flexibility index (Phi) is 6.37. The number of amides is 1. The van der Waals surface area contributed by atoms with Gasteiger partial charge >= 0.3 is 0 Å². The van der Waals surface area contributed by atoms with Crippen LogP contribution in [0, 0.1) is 13.8 Å². The first kappa shape index (κ1) is 21.4. The lowest BCUT2D eigenvalue weighted by Crippen LogP contribution is -2.34. The molecular weight excluding hydrogens is 408 g/mol. The number of nitrogens with one attached hydrogen (secondary N) is 1. The number of aromatic nitrogens is 5. The van der Waals surface area contributed by atoms with Crippen LogP contribution in [0.1, 0.15) is 17.5 Å². The molecule has 1 N–H and O–H groups in total. The molecule has 4 aromatic rings. The number of carbonyl (C=O) groups excluding carboxylic acids is 1. The Bertz CT molecular complexity index is 1220. The van der Waals surface area contributed by atoms with Crippen molar-refractivity contribution in [2.45, 2.75) is 26.4 Å². The van der Waals surface area contributed by atoms with Gasteiger partial charge in [-0.1, -0.05) is 18.2 Å². The van der Waals surface area contributed by atoms with E-state index in [-0.39, 0.29) is 11.8 Å². The molecule has 0 aliphatic heterocycles. The second-order valence-corrected chi connectivity index (χ2v) is 7.41. The molecule has 0 aliphatic rings. The van der Waals surface area contributed by atoms with Crippen molar-refractivity contribution in [2.75, 3.05) is 19.0 Å². The van der Waals surface area contributed by atoms with E-state index in [1.54, 1.807) is 30.3 Å². The first-order chi connectivity index (χ1) is 15.5. The lowest BCUT2D eigenvalue weighted by molar-refractivity contribution is -0.123. The Labute approximate surface area is 185 Å². The summed E-state index contributed by atoms with van der Waals surface area (Å²) in [5.41, 5.74) is 3.58. The van der Waals surface area contributed by atoms with Crippen LogP contribution in [0.4, 0.5) is 5.82 Å². The third-order valence-corrected chi connectivity index (χ3v) is 4.87. The number of anilines is 1. The smallest absolute Gasteiger partial charge is 0.266 e. The summed E-state index contributed by atoms with van der Waals surface area (Å²) in [7, 11) is 1.57. The van der Waals surface area contributed by atoms with Crippen LogP contribution in [0.25, 0.3) is 16.7 Å². The molecule has 0 fully saturated rings. The number of rotatable bonds is 8. The number of benzene rings is 1. The summed E-state index contributed by atoms with van der Waals surface area (Å²) in [6.45, 7) is 4.29. The number of hydrogen-bond acceptors (Lipinski definition) is 7. The van der Waals surface area contributed by atoms with Crippen molar-refractivity contribution in [2.24, 2.45) is 0 Å². The molecule has 9 nitrogen and oxygen atoms in total. The summed E-state index contributed by atoms with van der Waals surface area (Å²) in [5.74, 6) is 0.394. The molecule has 4 rings (SSSR count). The Hall–Kier alpha value is -3.85. The van der Waals surface area contributed by atoms with Crippen LogP contribution in [0.15, 0.2) is 55.1 Å². The van der Waals surface area contributed by atoms with Gasteiger partial charge in [-0.2, -0.15) is 5.10 Å². The number of aryl methyl sites for hydroxylation is 2. The van der Waals surface area contributed by atoms with Crippen molar-refractivity contribution in [1.82, 2.24) is 24.7 Å². The molecule has 1 atom stereocenters. The number of methoxy groups -OCH3 is 1. The van der Waals surface area contributed by atoms with E-state index >= 15 is 0 Å². The molecule has 9 heteroatoms. The standard InChI is InChI=1S/C23H24N6O3/c1-15-5-4-6-17(11-15)29-21-18(13-27-29)23(26-14-25-21)32-19(9-10-31-3)22(30)28-20-8-7-16(2)12-24-20/h4-8,11-14,19H,9-10H2,1-3H3,(H,24,28,30)/t19-/m1/s1. The van der Waals surface area contributed by atoms with Crippen LogP contribution in [-0.4, -0.2) is 50.5 Å². The molecule has 3 heterocycles. The van der Waals surface area contributed by atoms with Crippen LogP contribution in [-0.2, 0) is 9.53 Å². The van der Waals surface area contributed by atoms with Gasteiger partial charge in [-0.3, -0.25) is 4.79 Å². The first-order valence-electron chi connectivity index (χ1n) is 10.2. The minimum absolute atomic E-state index is 0.280. The van der Waals surface area contributed by atoms with Crippen molar-refractivity contribution in [3.63, 3.8) is 0 Å². The monoisotopic (exact) mass is 432 g/mol. The second kappa shape index (κ2) is 9.52. The number of fused-ring (bicyclic) bond motifs is 1. The minimum atomic E-state index is -0.835. The molecule has 3 aromatic heterocycles. The highest BCUT2D eigenvalue weighted by Crippen LogP contribution is 2.25. The van der Waals surface area contributed by atoms with Crippen LogP contribution in [0.5, 0.6) is 5.88 Å². The van der Waals surface area contributed by atoms with E-state index in [9.17, 15) is 4.79 Å². The van der Waals surface area contributed by atoms with E-state index in [0.29, 0.717) is 29.9 Å². The SMILES string of the molecule is COCC[C@@H](Oc1ncnc2c1cnn2-c1cccc(C)c1)C(=O)Nc1ccc(C)cn1. The summed E-state index contributed by atoms with van der Waals surface area (Å²) in [6, 6.07) is 11.6. The van der Waals surface area contributed by atoms with Crippen LogP contribution in [0.3, 0.4) is 0 Å². The predicted octanol–water partition coefficient (Wildman–Crippen LogP) is 3.25. The Morgan fingerprint density at radius 3 is 2.72 bits per heavy atom. The van der Waals surface area contributed by atoms with Gasteiger partial charge in [0, 0.05) is 19.7 Å². The summed E-state index contributed by atoms with van der Waals surface area (Å²) < 4.78 is 12.9. The highest BCUT2D eigenvalue weighted by molar-refractivity contribution is 5.94. The third-order valence-electron chi connectivity index (χ3n) is 4.87. The molecular formula is C23H24N6O3.